The summed E-state index contributed by atoms with van der Waals surface area (Å²) >= 11 is 0. The van der Waals surface area contributed by atoms with Crippen molar-refractivity contribution in [2.75, 3.05) is 5.43 Å². The van der Waals surface area contributed by atoms with Gasteiger partial charge in [-0.1, -0.05) is 13.8 Å². The predicted molar refractivity (Wildman–Crippen MR) is 78.3 cm³/mol. The van der Waals surface area contributed by atoms with Crippen molar-refractivity contribution in [3.63, 3.8) is 0 Å². The van der Waals surface area contributed by atoms with Gasteiger partial charge in [-0.15, -0.1) is 0 Å². The number of carbonyl (C=O) groups excluding carboxylic acids is 1. The van der Waals surface area contributed by atoms with Crippen LogP contribution in [0.2, 0.25) is 0 Å². The van der Waals surface area contributed by atoms with Crippen molar-refractivity contribution in [3.8, 4) is 0 Å². The number of hydrogen-bond acceptors (Lipinski definition) is 6. The van der Waals surface area contributed by atoms with Crippen LogP contribution in [0.15, 0.2) is 18.6 Å². The molecule has 0 radical (unpaired) electrons. The van der Waals surface area contributed by atoms with E-state index in [0.29, 0.717) is 18.1 Å². The Morgan fingerprint density at radius 2 is 2.19 bits per heavy atom. The van der Waals surface area contributed by atoms with Crippen LogP contribution in [0.3, 0.4) is 0 Å². The third kappa shape index (κ3) is 3.54. The Balaban J connectivity index is 2.15. The molecule has 0 bridgehead atoms. The lowest BCUT2D eigenvalue weighted by Gasteiger charge is -2.11. The Hall–Kier alpha value is -2.48. The molecular weight excluding hydrogens is 270 g/mol. The molecule has 2 rings (SSSR count). The Morgan fingerprint density at radius 1 is 1.43 bits per heavy atom. The number of nitrogens with two attached hydrogens (primary N) is 1. The Morgan fingerprint density at radius 3 is 2.76 bits per heavy atom. The van der Waals surface area contributed by atoms with Crippen LogP contribution in [0.25, 0.3) is 0 Å². The zero-order chi connectivity index (χ0) is 15.4. The molecule has 1 amide bonds. The van der Waals surface area contributed by atoms with E-state index < -0.39 is 0 Å². The molecule has 8 heteroatoms. The second kappa shape index (κ2) is 6.31. The van der Waals surface area contributed by atoms with E-state index in [1.165, 1.54) is 6.20 Å². The van der Waals surface area contributed by atoms with Crippen LogP contribution in [-0.4, -0.2) is 25.7 Å². The topological polar surface area (TPSA) is 111 Å². The molecule has 2 aromatic rings. The van der Waals surface area contributed by atoms with Crippen molar-refractivity contribution in [3.05, 3.63) is 35.7 Å². The average molecular weight is 289 g/mol. The molecule has 21 heavy (non-hydrogen) atoms. The number of hydrazine groups is 1. The van der Waals surface area contributed by atoms with Gasteiger partial charge < -0.3 is 10.7 Å². The van der Waals surface area contributed by atoms with Crippen LogP contribution in [0.4, 0.5) is 5.69 Å². The van der Waals surface area contributed by atoms with E-state index in [1.807, 2.05) is 27.1 Å². The quantitative estimate of drug-likeness (QED) is 0.547. The molecule has 0 fully saturated rings. The second-order valence-corrected chi connectivity index (χ2v) is 4.99. The van der Waals surface area contributed by atoms with Gasteiger partial charge >= 0.3 is 0 Å². The normalized spacial score (nSPS) is 10.7. The molecule has 0 aliphatic rings. The maximum Gasteiger partial charge on any atom is 0.272 e. The van der Waals surface area contributed by atoms with Crippen molar-refractivity contribution in [2.24, 2.45) is 12.9 Å². The molecule has 0 saturated heterocycles. The zero-order valence-corrected chi connectivity index (χ0v) is 12.3. The fraction of sp³-hybridized carbons (Fsp3) is 0.385. The lowest BCUT2D eigenvalue weighted by molar-refractivity contribution is 0.0946. The first-order chi connectivity index (χ1) is 10.0. The van der Waals surface area contributed by atoms with Crippen LogP contribution in [-0.2, 0) is 13.6 Å². The number of aromatic nitrogens is 4. The zero-order valence-electron chi connectivity index (χ0n) is 12.3. The van der Waals surface area contributed by atoms with Crippen LogP contribution in [0.1, 0.15) is 41.6 Å². The van der Waals surface area contributed by atoms with E-state index in [4.69, 9.17) is 5.84 Å². The average Bonchev–Trinajstić information content (AvgIpc) is 2.89. The van der Waals surface area contributed by atoms with Gasteiger partial charge in [0.25, 0.3) is 5.91 Å². The first-order valence-electron chi connectivity index (χ1n) is 6.60. The summed E-state index contributed by atoms with van der Waals surface area (Å²) in [7, 11) is 1.82. The highest BCUT2D eigenvalue weighted by atomic mass is 16.1. The monoisotopic (exact) mass is 289 g/mol. The molecular formula is C13H19N7O. The number of nitrogens with zero attached hydrogens (tertiary/aromatic N) is 4. The van der Waals surface area contributed by atoms with E-state index >= 15 is 0 Å². The van der Waals surface area contributed by atoms with E-state index in [0.717, 1.165) is 5.56 Å². The van der Waals surface area contributed by atoms with E-state index in [-0.39, 0.29) is 17.5 Å². The Labute approximate surface area is 122 Å². The number of aryl methyl sites for hydroxylation is 1. The standard InChI is InChI=1S/C13H19N7O/c1-8(2)12-15-6-10(19-14)11(18-12)13(21)16-4-9-5-17-20(3)7-9/h5-8,19H,4,14H2,1-3H3,(H,16,21). The Bertz CT molecular complexity index is 635. The molecule has 2 heterocycles. The van der Waals surface area contributed by atoms with E-state index in [9.17, 15) is 4.79 Å². The van der Waals surface area contributed by atoms with Gasteiger partial charge in [-0.3, -0.25) is 15.3 Å². The summed E-state index contributed by atoms with van der Waals surface area (Å²) in [6.07, 6.45) is 5.05. The molecule has 0 aliphatic heterocycles. The summed E-state index contributed by atoms with van der Waals surface area (Å²) in [6, 6.07) is 0. The molecule has 0 aliphatic carbocycles. The highest BCUT2D eigenvalue weighted by Crippen LogP contribution is 2.15. The first-order valence-corrected chi connectivity index (χ1v) is 6.60. The predicted octanol–water partition coefficient (Wildman–Crippen LogP) is 0.549. The molecule has 112 valence electrons. The van der Waals surface area contributed by atoms with Crippen LogP contribution < -0.4 is 16.6 Å². The van der Waals surface area contributed by atoms with Crippen molar-refractivity contribution < 1.29 is 4.79 Å². The molecule has 0 unspecified atom stereocenters. The number of anilines is 1. The highest BCUT2D eigenvalue weighted by molar-refractivity contribution is 5.97. The lowest BCUT2D eigenvalue weighted by Crippen LogP contribution is -2.26. The minimum absolute atomic E-state index is 0.127. The molecule has 8 nitrogen and oxygen atoms in total. The smallest absolute Gasteiger partial charge is 0.272 e. The van der Waals surface area contributed by atoms with Gasteiger partial charge in [-0.25, -0.2) is 9.97 Å². The maximum atomic E-state index is 12.3. The second-order valence-electron chi connectivity index (χ2n) is 4.99. The summed E-state index contributed by atoms with van der Waals surface area (Å²) in [5, 5.41) is 6.84. The first kappa shape index (κ1) is 14.9. The van der Waals surface area contributed by atoms with E-state index in [2.05, 4.69) is 25.8 Å². The van der Waals surface area contributed by atoms with Gasteiger partial charge in [-0.2, -0.15) is 5.10 Å². The van der Waals surface area contributed by atoms with Crippen molar-refractivity contribution in [1.29, 1.82) is 0 Å². The SMILES string of the molecule is CC(C)c1ncc(NN)c(C(=O)NCc2cnn(C)c2)n1. The van der Waals surface area contributed by atoms with Gasteiger partial charge in [0, 0.05) is 31.3 Å². The fourth-order valence-electron chi connectivity index (χ4n) is 1.78. The number of carbonyl (C=O) groups is 1. The molecule has 0 saturated carbocycles. The van der Waals surface area contributed by atoms with Crippen LogP contribution >= 0.6 is 0 Å². The molecule has 2 aromatic heterocycles. The summed E-state index contributed by atoms with van der Waals surface area (Å²) in [6.45, 7) is 4.29. The number of hydrogen-bond donors (Lipinski definition) is 3. The number of amides is 1. The molecule has 4 N–H and O–H groups in total. The molecule has 0 spiro atoms. The molecule has 0 aromatic carbocycles. The third-order valence-corrected chi connectivity index (χ3v) is 2.91. The summed E-state index contributed by atoms with van der Waals surface area (Å²) in [5.41, 5.74) is 3.98. The number of rotatable bonds is 5. The van der Waals surface area contributed by atoms with Crippen molar-refractivity contribution in [1.82, 2.24) is 25.1 Å². The fourth-order valence-corrected chi connectivity index (χ4v) is 1.78. The third-order valence-electron chi connectivity index (χ3n) is 2.91. The van der Waals surface area contributed by atoms with Gasteiger partial charge in [0.2, 0.25) is 0 Å². The number of nitrogens with one attached hydrogen (secondary N) is 2. The van der Waals surface area contributed by atoms with Gasteiger partial charge in [0.1, 0.15) is 5.82 Å². The van der Waals surface area contributed by atoms with Gasteiger partial charge in [0.05, 0.1) is 18.1 Å². The van der Waals surface area contributed by atoms with E-state index in [1.54, 1.807) is 10.9 Å². The summed E-state index contributed by atoms with van der Waals surface area (Å²) in [5.74, 6) is 5.82. The van der Waals surface area contributed by atoms with Crippen LogP contribution in [0.5, 0.6) is 0 Å². The van der Waals surface area contributed by atoms with Gasteiger partial charge in [0.15, 0.2) is 5.69 Å². The lowest BCUT2D eigenvalue weighted by atomic mass is 10.2. The van der Waals surface area contributed by atoms with Crippen LogP contribution in [0, 0.1) is 0 Å². The summed E-state index contributed by atoms with van der Waals surface area (Å²) in [4.78, 5) is 20.7. The van der Waals surface area contributed by atoms with Crippen molar-refractivity contribution >= 4 is 11.6 Å². The molecule has 0 atom stereocenters. The minimum Gasteiger partial charge on any atom is -0.346 e. The Kier molecular flexibility index (Phi) is 4.49. The van der Waals surface area contributed by atoms with Crippen molar-refractivity contribution in [2.45, 2.75) is 26.3 Å². The van der Waals surface area contributed by atoms with Gasteiger partial charge in [-0.05, 0) is 0 Å². The highest BCUT2D eigenvalue weighted by Gasteiger charge is 2.16. The summed E-state index contributed by atoms with van der Waals surface area (Å²) < 4.78 is 1.68. The maximum absolute atomic E-state index is 12.3. The number of nitrogen functional groups attached to an aromatic ring is 1. The minimum atomic E-state index is -0.309. The largest absolute Gasteiger partial charge is 0.346 e.